The lowest BCUT2D eigenvalue weighted by atomic mass is 10.1. The minimum Gasteiger partial charge on any atom is -0.506 e. The summed E-state index contributed by atoms with van der Waals surface area (Å²) in [6.07, 6.45) is 3.73. The molecule has 4 N–H and O–H groups in total. The topological polar surface area (TPSA) is 128 Å². The largest absolute Gasteiger partial charge is 0.506 e. The van der Waals surface area contributed by atoms with Gasteiger partial charge in [-0.15, -0.1) is 0 Å². The van der Waals surface area contributed by atoms with E-state index in [4.69, 9.17) is 5.11 Å². The van der Waals surface area contributed by atoms with Crippen molar-refractivity contribution in [3.63, 3.8) is 0 Å². The number of phenols is 1. The van der Waals surface area contributed by atoms with Crippen LogP contribution in [0.1, 0.15) is 48.0 Å². The number of aromatic carboxylic acids is 1. The Bertz CT molecular complexity index is 895. The van der Waals surface area contributed by atoms with Gasteiger partial charge in [0.1, 0.15) is 5.75 Å². The molecule has 0 unspecified atom stereocenters. The van der Waals surface area contributed by atoms with Gasteiger partial charge in [-0.2, -0.15) is 5.10 Å². The Hall–Kier alpha value is -3.68. The second-order valence-corrected chi connectivity index (χ2v) is 6.31. The summed E-state index contributed by atoms with van der Waals surface area (Å²) >= 11 is 0. The van der Waals surface area contributed by atoms with Crippen molar-refractivity contribution in [3.05, 3.63) is 59.7 Å². The number of para-hydroxylation sites is 2. The second kappa shape index (κ2) is 11.2. The fourth-order valence-corrected chi connectivity index (χ4v) is 2.57. The highest BCUT2D eigenvalue weighted by Crippen LogP contribution is 2.21. The molecule has 0 aliphatic heterocycles. The van der Waals surface area contributed by atoms with Crippen molar-refractivity contribution < 1.29 is 24.6 Å². The number of rotatable bonds is 10. The summed E-state index contributed by atoms with van der Waals surface area (Å²) in [6, 6.07) is 12.9. The van der Waals surface area contributed by atoms with Crippen molar-refractivity contribution in [1.82, 2.24) is 5.43 Å². The quantitative estimate of drug-likeness (QED) is 0.212. The van der Waals surface area contributed by atoms with Crippen LogP contribution in [0.25, 0.3) is 0 Å². The number of carbonyl (C=O) groups excluding carboxylic acids is 2. The third-order valence-electron chi connectivity index (χ3n) is 4.07. The van der Waals surface area contributed by atoms with Gasteiger partial charge in [0.2, 0.25) is 11.8 Å². The molecule has 29 heavy (non-hydrogen) atoms. The number of anilines is 1. The van der Waals surface area contributed by atoms with E-state index in [9.17, 15) is 19.5 Å². The van der Waals surface area contributed by atoms with E-state index in [-0.39, 0.29) is 29.5 Å². The van der Waals surface area contributed by atoms with E-state index in [1.54, 1.807) is 36.4 Å². The van der Waals surface area contributed by atoms with E-state index in [2.05, 4.69) is 15.8 Å². The highest BCUT2D eigenvalue weighted by Gasteiger charge is 2.08. The summed E-state index contributed by atoms with van der Waals surface area (Å²) in [7, 11) is 0. The lowest BCUT2D eigenvalue weighted by molar-refractivity contribution is -0.121. The van der Waals surface area contributed by atoms with Gasteiger partial charge in [-0.25, -0.2) is 10.2 Å². The first-order chi connectivity index (χ1) is 14.0. The Labute approximate surface area is 168 Å². The zero-order valence-electron chi connectivity index (χ0n) is 15.8. The smallest absolute Gasteiger partial charge is 0.336 e. The average molecular weight is 397 g/mol. The first-order valence-corrected chi connectivity index (χ1v) is 9.19. The van der Waals surface area contributed by atoms with Crippen molar-refractivity contribution in [2.24, 2.45) is 5.10 Å². The zero-order valence-corrected chi connectivity index (χ0v) is 15.8. The van der Waals surface area contributed by atoms with E-state index >= 15 is 0 Å². The molecule has 2 amide bonds. The van der Waals surface area contributed by atoms with E-state index in [1.165, 1.54) is 18.3 Å². The number of nitrogens with zero attached hydrogens (tertiary/aromatic N) is 1. The molecule has 0 radical (unpaired) electrons. The minimum atomic E-state index is -1.06. The maximum absolute atomic E-state index is 11.9. The predicted molar refractivity (Wildman–Crippen MR) is 109 cm³/mol. The van der Waals surface area contributed by atoms with Crippen molar-refractivity contribution in [2.45, 2.75) is 32.1 Å². The standard InChI is InChI=1S/C21H23N3O5/c25-18-11-7-6-10-17(18)23-19(26)12-2-1-3-13-20(27)24-22-14-15-8-4-5-9-16(15)21(28)29/h4-11,14,25H,1-3,12-13H2,(H,23,26)(H,24,27)(H,28,29)/b22-14+. The molecule has 0 aliphatic rings. The number of unbranched alkanes of at least 4 members (excludes halogenated alkanes) is 2. The molecular weight excluding hydrogens is 374 g/mol. The number of hydrazone groups is 1. The SMILES string of the molecule is O=C(CCCCCC(=O)Nc1ccccc1O)N/N=C/c1ccccc1C(=O)O. The Balaban J connectivity index is 1.63. The van der Waals surface area contributed by atoms with Crippen molar-refractivity contribution >= 4 is 29.7 Å². The molecule has 8 heteroatoms. The molecule has 0 spiro atoms. The van der Waals surface area contributed by atoms with Crippen LogP contribution >= 0.6 is 0 Å². The fourth-order valence-electron chi connectivity index (χ4n) is 2.57. The number of hydrogen-bond acceptors (Lipinski definition) is 5. The summed E-state index contributed by atoms with van der Waals surface area (Å²) in [5.74, 6) is -1.53. The van der Waals surface area contributed by atoms with Crippen LogP contribution < -0.4 is 10.7 Å². The van der Waals surface area contributed by atoms with E-state index in [0.29, 0.717) is 36.9 Å². The highest BCUT2D eigenvalue weighted by molar-refractivity contribution is 5.98. The molecule has 8 nitrogen and oxygen atoms in total. The Morgan fingerprint density at radius 2 is 1.55 bits per heavy atom. The van der Waals surface area contributed by atoms with Gasteiger partial charge in [-0.3, -0.25) is 9.59 Å². The first kappa shape index (κ1) is 21.6. The molecule has 2 aromatic carbocycles. The summed E-state index contributed by atoms with van der Waals surface area (Å²) in [5.41, 5.74) is 3.24. The molecule has 0 fully saturated rings. The van der Waals surface area contributed by atoms with Crippen LogP contribution in [-0.2, 0) is 9.59 Å². The van der Waals surface area contributed by atoms with Gasteiger partial charge in [-0.05, 0) is 31.0 Å². The third-order valence-corrected chi connectivity index (χ3v) is 4.07. The van der Waals surface area contributed by atoms with Gasteiger partial charge in [-0.1, -0.05) is 36.8 Å². The van der Waals surface area contributed by atoms with Gasteiger partial charge in [0.05, 0.1) is 17.5 Å². The van der Waals surface area contributed by atoms with E-state index in [1.807, 2.05) is 0 Å². The van der Waals surface area contributed by atoms with Crippen LogP contribution in [0.3, 0.4) is 0 Å². The molecule has 0 saturated carbocycles. The molecule has 0 atom stereocenters. The number of phenolic OH excluding ortho intramolecular Hbond substituents is 1. The van der Waals surface area contributed by atoms with Crippen LogP contribution in [0.5, 0.6) is 5.75 Å². The monoisotopic (exact) mass is 397 g/mol. The number of carboxylic acids is 1. The van der Waals surface area contributed by atoms with Gasteiger partial charge in [0, 0.05) is 18.4 Å². The average Bonchev–Trinajstić information content (AvgIpc) is 2.69. The predicted octanol–water partition coefficient (Wildman–Crippen LogP) is 3.13. The second-order valence-electron chi connectivity index (χ2n) is 6.31. The molecule has 0 aliphatic carbocycles. The highest BCUT2D eigenvalue weighted by atomic mass is 16.4. The number of carboxylic acid groups (broad SMARTS) is 1. The molecular formula is C21H23N3O5. The lowest BCUT2D eigenvalue weighted by Crippen LogP contribution is -2.17. The number of aromatic hydroxyl groups is 1. The van der Waals surface area contributed by atoms with Crippen molar-refractivity contribution in [2.75, 3.05) is 5.32 Å². The van der Waals surface area contributed by atoms with Gasteiger partial charge in [0.25, 0.3) is 0 Å². The number of hydrogen-bond donors (Lipinski definition) is 4. The molecule has 2 rings (SSSR count). The first-order valence-electron chi connectivity index (χ1n) is 9.19. The van der Waals surface area contributed by atoms with Crippen LogP contribution in [0.2, 0.25) is 0 Å². The van der Waals surface area contributed by atoms with E-state index in [0.717, 1.165) is 0 Å². The van der Waals surface area contributed by atoms with Crippen LogP contribution in [0.4, 0.5) is 5.69 Å². The fraction of sp³-hybridized carbons (Fsp3) is 0.238. The van der Waals surface area contributed by atoms with E-state index < -0.39 is 5.97 Å². The number of amides is 2. The molecule has 0 heterocycles. The third kappa shape index (κ3) is 7.45. The summed E-state index contributed by atoms with van der Waals surface area (Å²) < 4.78 is 0. The lowest BCUT2D eigenvalue weighted by Gasteiger charge is -2.06. The molecule has 2 aromatic rings. The van der Waals surface area contributed by atoms with Gasteiger partial charge < -0.3 is 15.5 Å². The molecule has 0 aromatic heterocycles. The summed E-state index contributed by atoms with van der Waals surface area (Å²) in [4.78, 5) is 34.7. The number of carbonyl (C=O) groups is 3. The number of benzene rings is 2. The number of nitrogens with one attached hydrogen (secondary N) is 2. The normalized spacial score (nSPS) is 10.6. The van der Waals surface area contributed by atoms with Crippen molar-refractivity contribution in [3.8, 4) is 5.75 Å². The Kier molecular flexibility index (Phi) is 8.37. The maximum atomic E-state index is 11.9. The summed E-state index contributed by atoms with van der Waals surface area (Å²) in [6.45, 7) is 0. The Morgan fingerprint density at radius 1 is 0.897 bits per heavy atom. The molecule has 152 valence electrons. The molecule has 0 bridgehead atoms. The van der Waals surface area contributed by atoms with Crippen LogP contribution in [0.15, 0.2) is 53.6 Å². The van der Waals surface area contributed by atoms with Crippen LogP contribution in [-0.4, -0.2) is 34.2 Å². The van der Waals surface area contributed by atoms with Gasteiger partial charge in [0.15, 0.2) is 0 Å². The van der Waals surface area contributed by atoms with Gasteiger partial charge >= 0.3 is 5.97 Å². The minimum absolute atomic E-state index is 0.0176. The molecule has 0 saturated heterocycles. The van der Waals surface area contributed by atoms with Crippen LogP contribution in [0, 0.1) is 0 Å². The summed E-state index contributed by atoms with van der Waals surface area (Å²) in [5, 5.41) is 25.1. The maximum Gasteiger partial charge on any atom is 0.336 e. The zero-order chi connectivity index (χ0) is 21.1. The Morgan fingerprint density at radius 3 is 2.28 bits per heavy atom. The van der Waals surface area contributed by atoms with Crippen molar-refractivity contribution in [1.29, 1.82) is 0 Å².